The van der Waals surface area contributed by atoms with Gasteiger partial charge in [0.05, 0.1) is 10.8 Å². The van der Waals surface area contributed by atoms with Crippen LogP contribution in [0.15, 0.2) is 47.4 Å². The van der Waals surface area contributed by atoms with Crippen molar-refractivity contribution in [1.82, 2.24) is 14.7 Å². The van der Waals surface area contributed by atoms with Crippen molar-refractivity contribution in [2.24, 2.45) is 11.7 Å². The highest BCUT2D eigenvalue weighted by molar-refractivity contribution is 7.91. The maximum atomic E-state index is 12.8. The van der Waals surface area contributed by atoms with Crippen LogP contribution in [-0.4, -0.2) is 80.1 Å². The van der Waals surface area contributed by atoms with Gasteiger partial charge in [-0.2, -0.15) is 0 Å². The highest BCUT2D eigenvalue weighted by Gasteiger charge is 2.38. The van der Waals surface area contributed by atoms with Crippen LogP contribution in [0.1, 0.15) is 0 Å². The van der Waals surface area contributed by atoms with Crippen LogP contribution in [0.5, 0.6) is 0 Å². The monoisotopic (exact) mass is 415 g/mol. The molecule has 8 nitrogen and oxygen atoms in total. The highest BCUT2D eigenvalue weighted by atomic mass is 32.2. The Morgan fingerprint density at radius 1 is 1.00 bits per heavy atom. The van der Waals surface area contributed by atoms with Gasteiger partial charge < -0.3 is 15.5 Å². The molecule has 4 rings (SSSR count). The van der Waals surface area contributed by atoms with Crippen molar-refractivity contribution in [2.45, 2.75) is 4.90 Å². The maximum Gasteiger partial charge on any atom is 0.228 e. The van der Waals surface area contributed by atoms with E-state index in [0.717, 1.165) is 10.8 Å². The lowest BCUT2D eigenvalue weighted by molar-refractivity contribution is -0.142. The summed E-state index contributed by atoms with van der Waals surface area (Å²) in [5, 5.41) is 9.36. The van der Waals surface area contributed by atoms with Gasteiger partial charge in [-0.1, -0.05) is 30.3 Å². The molecule has 0 aromatic heterocycles. The number of hydrogen-bond acceptors (Lipinski definition) is 5. The predicted octanol–water partition coefficient (Wildman–Crippen LogP) is 0.540. The number of benzene rings is 2. The third kappa shape index (κ3) is 4.06. The van der Waals surface area contributed by atoms with E-state index in [4.69, 9.17) is 11.1 Å². The molecule has 29 heavy (non-hydrogen) atoms. The molecule has 0 unspecified atom stereocenters. The smallest absolute Gasteiger partial charge is 0.228 e. The second-order valence-electron chi connectivity index (χ2n) is 7.68. The third-order valence-electron chi connectivity index (χ3n) is 5.67. The number of carbonyl (C=O) groups excluding carboxylic acids is 1. The first kappa shape index (κ1) is 19.7. The van der Waals surface area contributed by atoms with Gasteiger partial charge in [0.25, 0.3) is 0 Å². The first-order valence-corrected chi connectivity index (χ1v) is 11.3. The fourth-order valence-corrected chi connectivity index (χ4v) is 5.36. The largest absolute Gasteiger partial charge is 0.370 e. The minimum atomic E-state index is -3.45. The number of fused-ring (bicyclic) bond motifs is 1. The summed E-state index contributed by atoms with van der Waals surface area (Å²) in [7, 11) is -3.45. The zero-order chi connectivity index (χ0) is 20.6. The zero-order valence-corrected chi connectivity index (χ0v) is 16.9. The number of guanidine groups is 1. The summed E-state index contributed by atoms with van der Waals surface area (Å²) in [5.74, 6) is -0.142. The molecule has 2 aromatic rings. The molecule has 0 saturated carbocycles. The Morgan fingerprint density at radius 3 is 2.28 bits per heavy atom. The molecule has 2 heterocycles. The van der Waals surface area contributed by atoms with Crippen molar-refractivity contribution in [3.63, 3.8) is 0 Å². The van der Waals surface area contributed by atoms with Crippen LogP contribution in [0, 0.1) is 11.3 Å². The average molecular weight is 416 g/mol. The maximum absolute atomic E-state index is 12.8. The average Bonchev–Trinajstić information content (AvgIpc) is 2.69. The number of rotatable bonds is 4. The molecular formula is C20H25N5O3S. The molecule has 0 spiro atoms. The van der Waals surface area contributed by atoms with Gasteiger partial charge in [0, 0.05) is 39.3 Å². The first-order valence-electron chi connectivity index (χ1n) is 9.65. The molecule has 0 radical (unpaired) electrons. The van der Waals surface area contributed by atoms with E-state index in [1.807, 2.05) is 30.3 Å². The minimum absolute atomic E-state index is 0.0332. The van der Waals surface area contributed by atoms with E-state index < -0.39 is 9.84 Å². The number of nitrogens with two attached hydrogens (primary N) is 1. The summed E-state index contributed by atoms with van der Waals surface area (Å²) in [4.78, 5) is 18.3. The Hall–Kier alpha value is -2.65. The second-order valence-corrected chi connectivity index (χ2v) is 9.64. The third-order valence-corrected chi connectivity index (χ3v) is 7.35. The minimum Gasteiger partial charge on any atom is -0.370 e. The van der Waals surface area contributed by atoms with Gasteiger partial charge in [-0.25, -0.2) is 8.42 Å². The quantitative estimate of drug-likeness (QED) is 0.557. The second kappa shape index (κ2) is 7.64. The van der Waals surface area contributed by atoms with E-state index >= 15 is 0 Å². The Labute approximate surface area is 170 Å². The Balaban J connectivity index is 1.32. The zero-order valence-electron chi connectivity index (χ0n) is 16.1. The number of hydrogen-bond donors (Lipinski definition) is 2. The van der Waals surface area contributed by atoms with Crippen LogP contribution in [0.3, 0.4) is 0 Å². The van der Waals surface area contributed by atoms with E-state index in [1.165, 1.54) is 0 Å². The SMILES string of the molecule is N=C(N)N1CCN(C(=O)C2CN(CS(=O)(=O)c3ccc4ccccc4c3)C2)CC1. The van der Waals surface area contributed by atoms with Crippen molar-refractivity contribution in [3.05, 3.63) is 42.5 Å². The van der Waals surface area contributed by atoms with Gasteiger partial charge in [-0.05, 0) is 22.9 Å². The van der Waals surface area contributed by atoms with E-state index in [1.54, 1.807) is 26.8 Å². The van der Waals surface area contributed by atoms with Crippen molar-refractivity contribution < 1.29 is 13.2 Å². The molecular weight excluding hydrogens is 390 g/mol. The summed E-state index contributed by atoms with van der Waals surface area (Å²) >= 11 is 0. The lowest BCUT2D eigenvalue weighted by atomic mass is 9.99. The van der Waals surface area contributed by atoms with E-state index in [0.29, 0.717) is 44.2 Å². The molecule has 2 saturated heterocycles. The molecule has 0 bridgehead atoms. The number of likely N-dealkylation sites (tertiary alicyclic amines) is 1. The summed E-state index contributed by atoms with van der Waals surface area (Å²) in [6, 6.07) is 12.8. The van der Waals surface area contributed by atoms with E-state index in [-0.39, 0.29) is 23.7 Å². The standard InChI is InChI=1S/C20H25N5O3S/c21-20(22)25-9-7-24(8-10-25)19(26)17-12-23(13-17)14-29(27,28)18-6-5-15-3-1-2-4-16(15)11-18/h1-6,11,17H,7-10,12-14H2,(H3,21,22). The number of amides is 1. The Kier molecular flexibility index (Phi) is 5.18. The highest BCUT2D eigenvalue weighted by Crippen LogP contribution is 2.24. The molecule has 2 aromatic carbocycles. The molecule has 3 N–H and O–H groups in total. The molecule has 2 aliphatic heterocycles. The topological polar surface area (TPSA) is 111 Å². The van der Waals surface area contributed by atoms with Gasteiger partial charge in [0.15, 0.2) is 15.8 Å². The van der Waals surface area contributed by atoms with Crippen LogP contribution in [-0.2, 0) is 14.6 Å². The first-order chi connectivity index (χ1) is 13.8. The summed E-state index contributed by atoms with van der Waals surface area (Å²) < 4.78 is 25.6. The fraction of sp³-hybridized carbons (Fsp3) is 0.400. The van der Waals surface area contributed by atoms with Crippen molar-refractivity contribution in [2.75, 3.05) is 45.1 Å². The van der Waals surface area contributed by atoms with Crippen molar-refractivity contribution in [3.8, 4) is 0 Å². The lowest BCUT2D eigenvalue weighted by Gasteiger charge is -2.42. The van der Waals surface area contributed by atoms with Gasteiger partial charge in [-0.3, -0.25) is 15.1 Å². The van der Waals surface area contributed by atoms with Crippen LogP contribution >= 0.6 is 0 Å². The van der Waals surface area contributed by atoms with Crippen LogP contribution in [0.2, 0.25) is 0 Å². The van der Waals surface area contributed by atoms with E-state index in [2.05, 4.69) is 0 Å². The normalized spacial score (nSPS) is 18.6. The fourth-order valence-electron chi connectivity index (χ4n) is 3.93. The Bertz CT molecular complexity index is 1040. The number of nitrogens with one attached hydrogen (secondary N) is 1. The van der Waals surface area contributed by atoms with Crippen LogP contribution < -0.4 is 5.73 Å². The predicted molar refractivity (Wildman–Crippen MR) is 111 cm³/mol. The molecule has 154 valence electrons. The number of piperazine rings is 1. The Morgan fingerprint density at radius 2 is 1.62 bits per heavy atom. The summed E-state index contributed by atoms with van der Waals surface area (Å²) in [5.41, 5.74) is 5.48. The molecule has 9 heteroatoms. The van der Waals surface area contributed by atoms with Gasteiger partial charge in [-0.15, -0.1) is 0 Å². The summed E-state index contributed by atoms with van der Waals surface area (Å²) in [6.45, 7) is 3.13. The van der Waals surface area contributed by atoms with Gasteiger partial charge in [0.1, 0.15) is 5.88 Å². The molecule has 2 aliphatic rings. The number of sulfone groups is 1. The summed E-state index contributed by atoms with van der Waals surface area (Å²) in [6.07, 6.45) is 0. The van der Waals surface area contributed by atoms with E-state index in [9.17, 15) is 13.2 Å². The molecule has 0 atom stereocenters. The number of nitrogens with zero attached hydrogens (tertiary/aromatic N) is 3. The van der Waals surface area contributed by atoms with Crippen LogP contribution in [0.4, 0.5) is 0 Å². The van der Waals surface area contributed by atoms with Gasteiger partial charge in [0.2, 0.25) is 5.91 Å². The van der Waals surface area contributed by atoms with Crippen molar-refractivity contribution >= 4 is 32.5 Å². The lowest BCUT2D eigenvalue weighted by Crippen LogP contribution is -2.59. The molecule has 2 fully saturated rings. The number of carbonyl (C=O) groups is 1. The van der Waals surface area contributed by atoms with Crippen molar-refractivity contribution in [1.29, 1.82) is 5.41 Å². The van der Waals surface area contributed by atoms with Crippen LogP contribution in [0.25, 0.3) is 10.8 Å². The molecule has 1 amide bonds. The molecule has 0 aliphatic carbocycles. The van der Waals surface area contributed by atoms with Gasteiger partial charge >= 0.3 is 0 Å².